The molecular formula is C24H22Cl2F2N4O4. The number of ether oxygens (including phenoxy) is 3. The maximum absolute atomic E-state index is 13.6. The molecule has 6 rings (SSSR count). The first-order chi connectivity index (χ1) is 17.3. The normalized spacial score (nSPS) is 21.3. The molecule has 1 N–H and O–H groups in total. The lowest BCUT2D eigenvalue weighted by Gasteiger charge is -2.32. The van der Waals surface area contributed by atoms with E-state index in [4.69, 9.17) is 32.9 Å². The lowest BCUT2D eigenvalue weighted by atomic mass is 9.95. The molecule has 0 radical (unpaired) electrons. The van der Waals surface area contributed by atoms with Gasteiger partial charge in [-0.25, -0.2) is 4.98 Å². The Morgan fingerprint density at radius 2 is 1.81 bits per heavy atom. The van der Waals surface area contributed by atoms with Gasteiger partial charge in [0.15, 0.2) is 11.5 Å². The van der Waals surface area contributed by atoms with Gasteiger partial charge in [0.2, 0.25) is 11.9 Å². The number of hydrogen-bond donors (Lipinski definition) is 1. The van der Waals surface area contributed by atoms with Crippen LogP contribution in [0.15, 0.2) is 30.3 Å². The number of nitrogens with one attached hydrogen (secondary N) is 1. The number of carbonyl (C=O) groups excluding carboxylic acids is 1. The quantitative estimate of drug-likeness (QED) is 0.515. The summed E-state index contributed by atoms with van der Waals surface area (Å²) in [6.07, 6.45) is -1.58. The predicted molar refractivity (Wildman–Crippen MR) is 130 cm³/mol. The lowest BCUT2D eigenvalue weighted by Crippen LogP contribution is -2.44. The average molecular weight is 539 g/mol. The number of alkyl halides is 2. The van der Waals surface area contributed by atoms with Crippen LogP contribution in [-0.4, -0.2) is 54.1 Å². The zero-order valence-electron chi connectivity index (χ0n) is 19.0. The zero-order valence-corrected chi connectivity index (χ0v) is 20.5. The van der Waals surface area contributed by atoms with Gasteiger partial charge in [-0.15, -0.1) is 8.78 Å². The maximum atomic E-state index is 13.6. The van der Waals surface area contributed by atoms with Gasteiger partial charge in [-0.2, -0.15) is 0 Å². The molecule has 0 unspecified atom stereocenters. The molecule has 0 bridgehead atoms. The van der Waals surface area contributed by atoms with Crippen molar-refractivity contribution in [3.8, 4) is 17.2 Å². The monoisotopic (exact) mass is 538 g/mol. The van der Waals surface area contributed by atoms with Crippen LogP contribution in [0.5, 0.6) is 11.5 Å². The third-order valence-corrected chi connectivity index (χ3v) is 7.47. The fourth-order valence-electron chi connectivity index (χ4n) is 4.91. The average Bonchev–Trinajstić information content (AvgIpc) is 3.55. The van der Waals surface area contributed by atoms with E-state index < -0.39 is 6.29 Å². The van der Waals surface area contributed by atoms with Crippen molar-refractivity contribution >= 4 is 46.1 Å². The predicted octanol–water partition coefficient (Wildman–Crippen LogP) is 4.78. The fourth-order valence-corrected chi connectivity index (χ4v) is 5.23. The van der Waals surface area contributed by atoms with Gasteiger partial charge in [-0.05, 0) is 43.5 Å². The molecule has 2 fully saturated rings. The second-order valence-corrected chi connectivity index (χ2v) is 9.95. The smallest absolute Gasteiger partial charge is 0.395 e. The van der Waals surface area contributed by atoms with Gasteiger partial charge in [0, 0.05) is 31.7 Å². The summed E-state index contributed by atoms with van der Waals surface area (Å²) < 4.78 is 43.6. The topological polar surface area (TPSA) is 77.9 Å². The molecule has 2 aromatic carbocycles. The molecule has 36 heavy (non-hydrogen) atoms. The highest BCUT2D eigenvalue weighted by molar-refractivity contribution is 6.42. The van der Waals surface area contributed by atoms with E-state index in [1.54, 1.807) is 18.2 Å². The minimum atomic E-state index is -3.72. The van der Waals surface area contributed by atoms with Crippen molar-refractivity contribution < 1.29 is 27.8 Å². The second kappa shape index (κ2) is 8.93. The van der Waals surface area contributed by atoms with Gasteiger partial charge >= 0.3 is 6.29 Å². The molecule has 190 valence electrons. The second-order valence-electron chi connectivity index (χ2n) is 9.13. The maximum Gasteiger partial charge on any atom is 0.586 e. The third-order valence-electron chi connectivity index (χ3n) is 6.75. The number of piperidine rings is 1. The Bertz CT molecular complexity index is 1340. The van der Waals surface area contributed by atoms with Crippen LogP contribution in [0.25, 0.3) is 16.7 Å². The van der Waals surface area contributed by atoms with Crippen LogP contribution in [-0.2, 0) is 9.53 Å². The SMILES string of the molecule is O=C(N[C@@H]1CCOC1)C1CCN(c2nc3cc(Cl)c(Cl)cc3n2-c2ccc3c(c2)OC(F)(F)O3)CC1. The summed E-state index contributed by atoms with van der Waals surface area (Å²) in [6, 6.07) is 8.01. The van der Waals surface area contributed by atoms with Crippen LogP contribution in [0.3, 0.4) is 0 Å². The summed E-state index contributed by atoms with van der Waals surface area (Å²) in [4.78, 5) is 19.6. The molecule has 3 aliphatic heterocycles. The minimum Gasteiger partial charge on any atom is -0.395 e. The molecule has 0 spiro atoms. The van der Waals surface area contributed by atoms with Crippen LogP contribution in [0, 0.1) is 5.92 Å². The number of amides is 1. The Balaban J connectivity index is 1.31. The van der Waals surface area contributed by atoms with Crippen molar-refractivity contribution in [2.75, 3.05) is 31.2 Å². The molecule has 2 saturated heterocycles. The molecule has 1 amide bonds. The summed E-state index contributed by atoms with van der Waals surface area (Å²) >= 11 is 12.6. The zero-order chi connectivity index (χ0) is 25.0. The van der Waals surface area contributed by atoms with Crippen molar-refractivity contribution in [1.82, 2.24) is 14.9 Å². The van der Waals surface area contributed by atoms with E-state index in [9.17, 15) is 13.6 Å². The summed E-state index contributed by atoms with van der Waals surface area (Å²) in [7, 11) is 0. The van der Waals surface area contributed by atoms with Crippen LogP contribution in [0.4, 0.5) is 14.7 Å². The number of hydrogen-bond acceptors (Lipinski definition) is 6. The summed E-state index contributed by atoms with van der Waals surface area (Å²) in [5.74, 6) is 0.425. The van der Waals surface area contributed by atoms with Gasteiger partial charge in [0.1, 0.15) is 0 Å². The van der Waals surface area contributed by atoms with Gasteiger partial charge in [-0.1, -0.05) is 23.2 Å². The van der Waals surface area contributed by atoms with E-state index in [0.29, 0.717) is 71.9 Å². The standard InChI is InChI=1S/C24H22Cl2F2N4O4/c25-16-10-18-19(11-17(16)26)32(15-1-2-20-21(9-15)36-24(27,28)35-20)23(30-18)31-6-3-13(4-7-31)22(33)29-14-5-8-34-12-14/h1-2,9-11,13-14H,3-8,12H2,(H,29,33)/t14-/m1/s1. The van der Waals surface area contributed by atoms with Crippen LogP contribution >= 0.6 is 23.2 Å². The number of carbonyl (C=O) groups is 1. The highest BCUT2D eigenvalue weighted by Gasteiger charge is 2.43. The molecule has 12 heteroatoms. The minimum absolute atomic E-state index is 0.0460. The van der Waals surface area contributed by atoms with E-state index in [0.717, 1.165) is 6.42 Å². The first-order valence-electron chi connectivity index (χ1n) is 11.7. The molecule has 3 aliphatic rings. The number of nitrogens with zero attached hydrogens (tertiary/aromatic N) is 3. The molecule has 3 aromatic rings. The molecular weight excluding hydrogens is 517 g/mol. The first-order valence-corrected chi connectivity index (χ1v) is 12.4. The Hall–Kier alpha value is -2.82. The van der Waals surface area contributed by atoms with Gasteiger partial charge in [-0.3, -0.25) is 9.36 Å². The van der Waals surface area contributed by atoms with Crippen molar-refractivity contribution in [3.05, 3.63) is 40.4 Å². The Morgan fingerprint density at radius 1 is 1.06 bits per heavy atom. The van der Waals surface area contributed by atoms with Crippen molar-refractivity contribution in [1.29, 1.82) is 0 Å². The van der Waals surface area contributed by atoms with Crippen LogP contribution < -0.4 is 19.7 Å². The highest BCUT2D eigenvalue weighted by atomic mass is 35.5. The summed E-state index contributed by atoms with van der Waals surface area (Å²) in [5.41, 5.74) is 1.81. The van der Waals surface area contributed by atoms with Crippen molar-refractivity contribution in [2.24, 2.45) is 5.92 Å². The number of rotatable bonds is 4. The summed E-state index contributed by atoms with van der Waals surface area (Å²) in [5, 5.41) is 3.79. The highest BCUT2D eigenvalue weighted by Crippen LogP contribution is 2.43. The van der Waals surface area contributed by atoms with E-state index in [1.807, 2.05) is 4.57 Å². The van der Waals surface area contributed by atoms with Crippen LogP contribution in [0.1, 0.15) is 19.3 Å². The molecule has 4 heterocycles. The fraction of sp³-hybridized carbons (Fsp3) is 0.417. The van der Waals surface area contributed by atoms with Crippen molar-refractivity contribution in [2.45, 2.75) is 31.6 Å². The van der Waals surface area contributed by atoms with Gasteiger partial charge in [0.25, 0.3) is 0 Å². The van der Waals surface area contributed by atoms with E-state index in [2.05, 4.69) is 19.7 Å². The molecule has 0 aliphatic carbocycles. The number of imidazole rings is 1. The van der Waals surface area contributed by atoms with Gasteiger partial charge in [0.05, 0.1) is 39.4 Å². The lowest BCUT2D eigenvalue weighted by molar-refractivity contribution is -0.286. The van der Waals surface area contributed by atoms with E-state index in [-0.39, 0.29) is 29.4 Å². The largest absolute Gasteiger partial charge is 0.586 e. The van der Waals surface area contributed by atoms with E-state index >= 15 is 0 Å². The van der Waals surface area contributed by atoms with Crippen LogP contribution in [0.2, 0.25) is 10.0 Å². The molecule has 8 nitrogen and oxygen atoms in total. The van der Waals surface area contributed by atoms with Gasteiger partial charge < -0.3 is 24.4 Å². The molecule has 1 aromatic heterocycles. The third kappa shape index (κ3) is 4.31. The number of aromatic nitrogens is 2. The number of fused-ring (bicyclic) bond motifs is 2. The number of benzene rings is 2. The Kier molecular flexibility index (Phi) is 5.85. The first kappa shape index (κ1) is 23.6. The summed E-state index contributed by atoms with van der Waals surface area (Å²) in [6.45, 7) is 2.41. The van der Waals surface area contributed by atoms with Crippen molar-refractivity contribution in [3.63, 3.8) is 0 Å². The molecule has 0 saturated carbocycles. The number of anilines is 1. The molecule has 1 atom stereocenters. The van der Waals surface area contributed by atoms with E-state index in [1.165, 1.54) is 12.1 Å². The Morgan fingerprint density at radius 3 is 2.56 bits per heavy atom. The Labute approximate surface area is 215 Å². The number of halogens is 4.